The molecule has 0 amide bonds. The van der Waals surface area contributed by atoms with E-state index in [0.29, 0.717) is 18.0 Å². The van der Waals surface area contributed by atoms with Crippen LogP contribution in [0.4, 0.5) is 5.69 Å². The van der Waals surface area contributed by atoms with Crippen LogP contribution in [0.1, 0.15) is 25.8 Å². The lowest BCUT2D eigenvalue weighted by Gasteiger charge is -2.37. The van der Waals surface area contributed by atoms with Gasteiger partial charge in [-0.25, -0.2) is 0 Å². The number of aromatic nitrogens is 1. The SMILES string of the molecule is CC(=O)O[C@@H]1C[C@H](C)CN(c2ccc(C#N)c3ncccc23)C1. The highest BCUT2D eigenvalue weighted by Gasteiger charge is 2.28. The average Bonchev–Trinajstić information content (AvgIpc) is 2.52. The molecule has 0 spiro atoms. The van der Waals surface area contributed by atoms with Gasteiger partial charge in [-0.2, -0.15) is 5.26 Å². The molecule has 2 aromatic rings. The molecule has 118 valence electrons. The minimum atomic E-state index is -0.240. The highest BCUT2D eigenvalue weighted by Crippen LogP contribution is 2.31. The van der Waals surface area contributed by atoms with Crippen LogP contribution in [-0.4, -0.2) is 30.1 Å². The number of pyridine rings is 1. The molecule has 0 unspecified atom stereocenters. The van der Waals surface area contributed by atoms with E-state index in [2.05, 4.69) is 22.9 Å². The molecule has 0 radical (unpaired) electrons. The number of rotatable bonds is 2. The van der Waals surface area contributed by atoms with Gasteiger partial charge in [0.15, 0.2) is 0 Å². The van der Waals surface area contributed by atoms with Crippen molar-refractivity contribution in [2.24, 2.45) is 5.92 Å². The Morgan fingerprint density at radius 3 is 2.96 bits per heavy atom. The lowest BCUT2D eigenvalue weighted by molar-refractivity contribution is -0.147. The summed E-state index contributed by atoms with van der Waals surface area (Å²) in [6, 6.07) is 9.83. The van der Waals surface area contributed by atoms with E-state index in [1.54, 1.807) is 6.20 Å². The Hall–Kier alpha value is -2.61. The second-order valence-corrected chi connectivity index (χ2v) is 6.12. The van der Waals surface area contributed by atoms with Gasteiger partial charge in [0.2, 0.25) is 0 Å². The topological polar surface area (TPSA) is 66.2 Å². The van der Waals surface area contributed by atoms with Crippen LogP contribution in [0.3, 0.4) is 0 Å². The summed E-state index contributed by atoms with van der Waals surface area (Å²) in [4.78, 5) is 17.9. The Bertz CT molecular complexity index is 781. The minimum Gasteiger partial charge on any atom is -0.461 e. The maximum atomic E-state index is 11.3. The van der Waals surface area contributed by atoms with Crippen molar-refractivity contribution >= 4 is 22.6 Å². The van der Waals surface area contributed by atoms with Crippen molar-refractivity contribution in [3.05, 3.63) is 36.0 Å². The number of ether oxygens (including phenoxy) is 1. The van der Waals surface area contributed by atoms with Gasteiger partial charge in [0.05, 0.1) is 17.6 Å². The lowest BCUT2D eigenvalue weighted by Crippen LogP contribution is -2.44. The number of hydrogen-bond donors (Lipinski definition) is 0. The zero-order valence-corrected chi connectivity index (χ0v) is 13.3. The summed E-state index contributed by atoms with van der Waals surface area (Å²) >= 11 is 0. The number of anilines is 1. The Balaban J connectivity index is 1.99. The van der Waals surface area contributed by atoms with Crippen molar-refractivity contribution in [2.75, 3.05) is 18.0 Å². The molecular weight excluding hydrogens is 290 g/mol. The number of carbonyl (C=O) groups is 1. The smallest absolute Gasteiger partial charge is 0.302 e. The molecule has 23 heavy (non-hydrogen) atoms. The maximum Gasteiger partial charge on any atom is 0.302 e. The Kier molecular flexibility index (Phi) is 4.16. The number of carbonyl (C=O) groups excluding carboxylic acids is 1. The first-order valence-corrected chi connectivity index (χ1v) is 7.78. The Morgan fingerprint density at radius 2 is 2.22 bits per heavy atom. The third kappa shape index (κ3) is 3.11. The molecule has 1 saturated heterocycles. The van der Waals surface area contributed by atoms with Crippen LogP contribution in [0.25, 0.3) is 10.9 Å². The zero-order valence-electron chi connectivity index (χ0n) is 13.3. The van der Waals surface area contributed by atoms with Crippen molar-refractivity contribution in [1.29, 1.82) is 5.26 Å². The molecule has 2 heterocycles. The summed E-state index contributed by atoms with van der Waals surface area (Å²) in [5.74, 6) is 0.186. The van der Waals surface area contributed by atoms with Crippen molar-refractivity contribution in [2.45, 2.75) is 26.4 Å². The number of piperidine rings is 1. The first-order valence-electron chi connectivity index (χ1n) is 7.78. The van der Waals surface area contributed by atoms with Gasteiger partial charge in [0.25, 0.3) is 0 Å². The third-order valence-corrected chi connectivity index (χ3v) is 4.16. The molecule has 1 aliphatic heterocycles. The van der Waals surface area contributed by atoms with Crippen molar-refractivity contribution in [1.82, 2.24) is 4.98 Å². The Morgan fingerprint density at radius 1 is 1.39 bits per heavy atom. The first-order chi connectivity index (χ1) is 11.1. The monoisotopic (exact) mass is 309 g/mol. The lowest BCUT2D eigenvalue weighted by atomic mass is 9.96. The molecule has 0 aliphatic carbocycles. The number of nitriles is 1. The summed E-state index contributed by atoms with van der Waals surface area (Å²) in [5.41, 5.74) is 2.33. The quantitative estimate of drug-likeness (QED) is 0.798. The van der Waals surface area contributed by atoms with Crippen LogP contribution in [0.5, 0.6) is 0 Å². The fraction of sp³-hybridized carbons (Fsp3) is 0.389. The third-order valence-electron chi connectivity index (χ3n) is 4.16. The van der Waals surface area contributed by atoms with Crippen LogP contribution in [0.2, 0.25) is 0 Å². The number of nitrogens with zero attached hydrogens (tertiary/aromatic N) is 3. The van der Waals surface area contributed by atoms with E-state index in [-0.39, 0.29) is 12.1 Å². The zero-order chi connectivity index (χ0) is 16.4. The molecule has 1 aromatic heterocycles. The van der Waals surface area contributed by atoms with Crippen LogP contribution in [0.15, 0.2) is 30.5 Å². The fourth-order valence-electron chi connectivity index (χ4n) is 3.33. The number of fused-ring (bicyclic) bond motifs is 1. The largest absolute Gasteiger partial charge is 0.461 e. The number of benzene rings is 1. The molecule has 5 nitrogen and oxygen atoms in total. The van der Waals surface area contributed by atoms with Gasteiger partial charge in [-0.1, -0.05) is 6.92 Å². The van der Waals surface area contributed by atoms with E-state index in [0.717, 1.165) is 29.6 Å². The summed E-state index contributed by atoms with van der Waals surface area (Å²) in [6.45, 7) is 5.17. The summed E-state index contributed by atoms with van der Waals surface area (Å²) in [6.07, 6.45) is 2.48. The summed E-state index contributed by atoms with van der Waals surface area (Å²) < 4.78 is 5.42. The minimum absolute atomic E-state index is 0.0985. The van der Waals surface area contributed by atoms with E-state index >= 15 is 0 Å². The van der Waals surface area contributed by atoms with Crippen LogP contribution < -0.4 is 4.90 Å². The van der Waals surface area contributed by atoms with Crippen LogP contribution in [-0.2, 0) is 9.53 Å². The molecule has 1 aliphatic rings. The normalized spacial score (nSPS) is 21.0. The van der Waals surface area contributed by atoms with E-state index < -0.39 is 0 Å². The molecule has 5 heteroatoms. The van der Waals surface area contributed by atoms with Gasteiger partial charge >= 0.3 is 5.97 Å². The molecule has 0 bridgehead atoms. The van der Waals surface area contributed by atoms with Crippen LogP contribution >= 0.6 is 0 Å². The van der Waals surface area contributed by atoms with Gasteiger partial charge < -0.3 is 9.64 Å². The second-order valence-electron chi connectivity index (χ2n) is 6.12. The van der Waals surface area contributed by atoms with Crippen LogP contribution in [0, 0.1) is 17.2 Å². The van der Waals surface area contributed by atoms with Gasteiger partial charge in [0, 0.05) is 30.7 Å². The van der Waals surface area contributed by atoms with Crippen molar-refractivity contribution < 1.29 is 9.53 Å². The fourth-order valence-corrected chi connectivity index (χ4v) is 3.33. The second kappa shape index (κ2) is 6.25. The van der Waals surface area contributed by atoms with Gasteiger partial charge in [0.1, 0.15) is 12.2 Å². The molecule has 2 atom stereocenters. The Labute approximate surface area is 135 Å². The molecule has 0 N–H and O–H groups in total. The summed E-state index contributed by atoms with van der Waals surface area (Å²) in [5, 5.41) is 10.2. The van der Waals surface area contributed by atoms with Gasteiger partial charge in [-0.15, -0.1) is 0 Å². The first kappa shape index (κ1) is 15.3. The van der Waals surface area contributed by atoms with E-state index in [9.17, 15) is 10.1 Å². The van der Waals surface area contributed by atoms with E-state index in [1.165, 1.54) is 6.92 Å². The number of hydrogen-bond acceptors (Lipinski definition) is 5. The molecular formula is C18H19N3O2. The number of esters is 1. The highest BCUT2D eigenvalue weighted by molar-refractivity contribution is 5.95. The predicted molar refractivity (Wildman–Crippen MR) is 88.0 cm³/mol. The average molecular weight is 309 g/mol. The van der Waals surface area contributed by atoms with E-state index in [1.807, 2.05) is 24.3 Å². The molecule has 1 fully saturated rings. The molecule has 0 saturated carbocycles. The van der Waals surface area contributed by atoms with E-state index in [4.69, 9.17) is 4.74 Å². The maximum absolute atomic E-state index is 11.3. The highest BCUT2D eigenvalue weighted by atomic mass is 16.5. The van der Waals surface area contributed by atoms with Gasteiger partial charge in [-0.3, -0.25) is 9.78 Å². The molecule has 3 rings (SSSR count). The van der Waals surface area contributed by atoms with Gasteiger partial charge in [-0.05, 0) is 36.6 Å². The standard InChI is InChI=1S/C18H19N3O2/c1-12-8-15(23-13(2)22)11-21(10-12)17-6-5-14(9-19)18-16(17)4-3-7-20-18/h3-7,12,15H,8,10-11H2,1-2H3/t12-,15+/m0/s1. The van der Waals surface area contributed by atoms with Crippen molar-refractivity contribution in [3.8, 4) is 6.07 Å². The molecule has 1 aromatic carbocycles. The predicted octanol–water partition coefficient (Wildman–Crippen LogP) is 2.88. The summed E-state index contributed by atoms with van der Waals surface area (Å²) in [7, 11) is 0. The van der Waals surface area contributed by atoms with Crippen molar-refractivity contribution in [3.63, 3.8) is 0 Å².